The van der Waals surface area contributed by atoms with Crippen molar-refractivity contribution in [3.05, 3.63) is 16.4 Å². The predicted molar refractivity (Wildman–Crippen MR) is 57.7 cm³/mol. The van der Waals surface area contributed by atoms with Crippen LogP contribution in [-0.2, 0) is 0 Å². The van der Waals surface area contributed by atoms with Crippen molar-refractivity contribution in [1.29, 1.82) is 0 Å². The molecule has 0 aliphatic carbocycles. The molecule has 0 bridgehead atoms. The van der Waals surface area contributed by atoms with Gasteiger partial charge in [-0.3, -0.25) is 0 Å². The van der Waals surface area contributed by atoms with Crippen LogP contribution in [0.2, 0.25) is 10.3 Å². The van der Waals surface area contributed by atoms with Crippen LogP contribution in [0.4, 0.5) is 0 Å². The lowest BCUT2D eigenvalue weighted by Gasteiger charge is -2.08. The van der Waals surface area contributed by atoms with Crippen LogP contribution in [0.3, 0.4) is 0 Å². The van der Waals surface area contributed by atoms with Gasteiger partial charge in [0.15, 0.2) is 10.3 Å². The first-order valence-electron chi connectivity index (χ1n) is 3.99. The van der Waals surface area contributed by atoms with Crippen LogP contribution in [-0.4, -0.2) is 15.4 Å². The van der Waals surface area contributed by atoms with Crippen LogP contribution < -0.4 is 0 Å². The zero-order valence-electron chi connectivity index (χ0n) is 7.42. The third-order valence-corrected chi connectivity index (χ3v) is 3.47. The minimum Gasteiger partial charge on any atom is -0.137 e. The van der Waals surface area contributed by atoms with E-state index in [2.05, 4.69) is 24.0 Å². The second kappa shape index (κ2) is 5.03. The fraction of sp³-hybridized carbons (Fsp3) is 0.500. The molecule has 0 amide bonds. The number of hydrogen-bond acceptors (Lipinski definition) is 3. The van der Waals surface area contributed by atoms with Crippen molar-refractivity contribution < 1.29 is 0 Å². The van der Waals surface area contributed by atoms with E-state index in [1.165, 1.54) is 0 Å². The summed E-state index contributed by atoms with van der Waals surface area (Å²) >= 11 is 13.2. The van der Waals surface area contributed by atoms with E-state index in [-0.39, 0.29) is 0 Å². The second-order valence-corrected chi connectivity index (χ2v) is 4.88. The van der Waals surface area contributed by atoms with E-state index >= 15 is 0 Å². The summed E-state index contributed by atoms with van der Waals surface area (Å²) in [6, 6.07) is 1.74. The molecule has 1 heterocycles. The molecule has 5 heteroatoms. The smallest absolute Gasteiger partial charge is 0.137 e. The minimum atomic E-state index is 0.384. The Kier molecular flexibility index (Phi) is 4.29. The van der Waals surface area contributed by atoms with Crippen LogP contribution in [0.25, 0.3) is 0 Å². The van der Waals surface area contributed by atoms with Crippen LogP contribution >= 0.6 is 35.0 Å². The summed E-state index contributed by atoms with van der Waals surface area (Å²) in [4.78, 5) is 0.899. The first-order chi connectivity index (χ1) is 6.13. The topological polar surface area (TPSA) is 25.8 Å². The molecule has 72 valence electrons. The molecule has 0 saturated heterocycles. The first-order valence-corrected chi connectivity index (χ1v) is 5.62. The molecule has 0 N–H and O–H groups in total. The zero-order valence-corrected chi connectivity index (χ0v) is 9.75. The molecule has 0 fully saturated rings. The summed E-state index contributed by atoms with van der Waals surface area (Å²) in [7, 11) is 0. The largest absolute Gasteiger partial charge is 0.165 e. The fourth-order valence-electron chi connectivity index (χ4n) is 0.720. The Bertz CT molecular complexity index is 293. The molecular formula is C8H10Cl2N2S. The molecule has 0 saturated carbocycles. The van der Waals surface area contributed by atoms with Crippen molar-refractivity contribution >= 4 is 35.0 Å². The average molecular weight is 237 g/mol. The van der Waals surface area contributed by atoms with Crippen LogP contribution in [0.15, 0.2) is 11.0 Å². The molecule has 1 aromatic rings. The van der Waals surface area contributed by atoms with Gasteiger partial charge in [-0.25, -0.2) is 0 Å². The Hall–Kier alpha value is 0.01000. The number of thioether (sulfide) groups is 1. The van der Waals surface area contributed by atoms with Crippen molar-refractivity contribution in [1.82, 2.24) is 10.2 Å². The van der Waals surface area contributed by atoms with Gasteiger partial charge in [0.25, 0.3) is 0 Å². The number of rotatable bonds is 3. The number of hydrogen-bond donors (Lipinski definition) is 0. The van der Waals surface area contributed by atoms with E-state index in [9.17, 15) is 0 Å². The van der Waals surface area contributed by atoms with E-state index in [4.69, 9.17) is 23.2 Å². The molecule has 13 heavy (non-hydrogen) atoms. The lowest BCUT2D eigenvalue weighted by Crippen LogP contribution is -1.94. The summed E-state index contributed by atoms with van der Waals surface area (Å²) < 4.78 is 0. The highest BCUT2D eigenvalue weighted by Crippen LogP contribution is 2.30. The normalized spacial score (nSPS) is 12.9. The summed E-state index contributed by atoms with van der Waals surface area (Å²) in [6.45, 7) is 4.26. The number of nitrogens with zero attached hydrogens (tertiary/aromatic N) is 2. The van der Waals surface area contributed by atoms with Gasteiger partial charge >= 0.3 is 0 Å². The van der Waals surface area contributed by atoms with Crippen molar-refractivity contribution in [2.24, 2.45) is 0 Å². The molecule has 0 radical (unpaired) electrons. The molecule has 0 aliphatic heterocycles. The number of halogens is 2. The van der Waals surface area contributed by atoms with Gasteiger partial charge in [-0.1, -0.05) is 37.0 Å². The quantitative estimate of drug-likeness (QED) is 0.750. The maximum atomic E-state index is 5.84. The summed E-state index contributed by atoms with van der Waals surface area (Å²) in [5, 5.41) is 8.69. The summed E-state index contributed by atoms with van der Waals surface area (Å²) in [5.74, 6) is 0. The minimum absolute atomic E-state index is 0.384. The van der Waals surface area contributed by atoms with Crippen molar-refractivity contribution in [2.75, 3.05) is 0 Å². The highest BCUT2D eigenvalue weighted by molar-refractivity contribution is 8.00. The average Bonchev–Trinajstić information content (AvgIpc) is 2.11. The first kappa shape index (κ1) is 11.1. The fourth-order valence-corrected chi connectivity index (χ4v) is 2.08. The van der Waals surface area contributed by atoms with Gasteiger partial charge in [0.05, 0.1) is 0 Å². The lowest BCUT2D eigenvalue weighted by atomic mass is 10.4. The molecule has 1 aromatic heterocycles. The SMILES string of the molecule is CCC(C)Sc1cc(Cl)nnc1Cl. The van der Waals surface area contributed by atoms with Crippen LogP contribution in [0, 0.1) is 0 Å². The Balaban J connectivity index is 2.81. The lowest BCUT2D eigenvalue weighted by molar-refractivity contribution is 0.902. The highest BCUT2D eigenvalue weighted by atomic mass is 35.5. The van der Waals surface area contributed by atoms with Gasteiger partial charge in [0, 0.05) is 10.1 Å². The van der Waals surface area contributed by atoms with Gasteiger partial charge in [-0.15, -0.1) is 22.0 Å². The van der Waals surface area contributed by atoms with Gasteiger partial charge in [-0.2, -0.15) is 0 Å². The summed E-state index contributed by atoms with van der Waals surface area (Å²) in [6.07, 6.45) is 1.08. The Morgan fingerprint density at radius 3 is 2.77 bits per heavy atom. The number of aromatic nitrogens is 2. The molecule has 0 spiro atoms. The molecule has 1 unspecified atom stereocenters. The molecule has 1 atom stereocenters. The van der Waals surface area contributed by atoms with Gasteiger partial charge in [-0.05, 0) is 12.5 Å². The van der Waals surface area contributed by atoms with E-state index in [1.54, 1.807) is 17.8 Å². The zero-order chi connectivity index (χ0) is 9.84. The summed E-state index contributed by atoms with van der Waals surface area (Å²) in [5.41, 5.74) is 0. The van der Waals surface area contributed by atoms with Crippen LogP contribution in [0.1, 0.15) is 20.3 Å². The van der Waals surface area contributed by atoms with Gasteiger partial charge < -0.3 is 0 Å². The van der Waals surface area contributed by atoms with E-state index in [0.717, 1.165) is 11.3 Å². The van der Waals surface area contributed by atoms with Gasteiger partial charge in [0.2, 0.25) is 0 Å². The van der Waals surface area contributed by atoms with Crippen molar-refractivity contribution in [3.8, 4) is 0 Å². The third kappa shape index (κ3) is 3.33. The van der Waals surface area contributed by atoms with Crippen LogP contribution in [0.5, 0.6) is 0 Å². The molecule has 0 aromatic carbocycles. The highest BCUT2D eigenvalue weighted by Gasteiger charge is 2.08. The third-order valence-electron chi connectivity index (χ3n) is 1.59. The second-order valence-electron chi connectivity index (χ2n) is 2.66. The van der Waals surface area contributed by atoms with E-state index < -0.39 is 0 Å². The predicted octanol–water partition coefficient (Wildman–Crippen LogP) is 3.67. The van der Waals surface area contributed by atoms with E-state index in [0.29, 0.717) is 15.6 Å². The van der Waals surface area contributed by atoms with Gasteiger partial charge in [0.1, 0.15) is 0 Å². The maximum absolute atomic E-state index is 5.84. The standard InChI is InChI=1S/C8H10Cl2N2S/c1-3-5(2)13-6-4-7(9)11-12-8(6)10/h4-5H,3H2,1-2H3. The monoisotopic (exact) mass is 236 g/mol. The maximum Gasteiger partial charge on any atom is 0.165 e. The molecule has 2 nitrogen and oxygen atoms in total. The molecule has 0 aliphatic rings. The Morgan fingerprint density at radius 2 is 2.15 bits per heavy atom. The Labute approximate surface area is 92.0 Å². The Morgan fingerprint density at radius 1 is 1.46 bits per heavy atom. The van der Waals surface area contributed by atoms with Crippen molar-refractivity contribution in [3.63, 3.8) is 0 Å². The van der Waals surface area contributed by atoms with Crippen molar-refractivity contribution in [2.45, 2.75) is 30.4 Å². The molecule has 1 rings (SSSR count). The van der Waals surface area contributed by atoms with E-state index in [1.807, 2.05) is 0 Å². The molecular weight excluding hydrogens is 227 g/mol.